The summed E-state index contributed by atoms with van der Waals surface area (Å²) in [7, 11) is 0. The number of aromatic nitrogens is 2. The third-order valence-electron chi connectivity index (χ3n) is 4.81. The van der Waals surface area contributed by atoms with Crippen molar-refractivity contribution in [1.82, 2.24) is 14.9 Å². The molecule has 0 unspecified atom stereocenters. The fraction of sp³-hybridized carbons (Fsp3) is 0.421. The molecule has 1 amide bonds. The SMILES string of the molecule is Cc1cccc(C(=O)N2CCO[C@H]3[C@H](Oc4ccccn4)CC[C@@H]32)n1. The van der Waals surface area contributed by atoms with Gasteiger partial charge in [0.05, 0.1) is 12.6 Å². The molecular weight excluding hydrogens is 318 g/mol. The van der Waals surface area contributed by atoms with Gasteiger partial charge in [-0.2, -0.15) is 0 Å². The van der Waals surface area contributed by atoms with Crippen LogP contribution < -0.4 is 4.74 Å². The molecule has 0 spiro atoms. The third kappa shape index (κ3) is 3.22. The van der Waals surface area contributed by atoms with Crippen LogP contribution in [-0.4, -0.2) is 52.2 Å². The zero-order chi connectivity index (χ0) is 17.2. The lowest BCUT2D eigenvalue weighted by atomic mass is 10.1. The molecule has 1 aliphatic carbocycles. The van der Waals surface area contributed by atoms with Crippen molar-refractivity contribution < 1.29 is 14.3 Å². The highest BCUT2D eigenvalue weighted by Gasteiger charge is 2.46. The second-order valence-corrected chi connectivity index (χ2v) is 6.47. The maximum Gasteiger partial charge on any atom is 0.272 e. The standard InChI is InChI=1S/C19H21N3O3/c1-13-5-4-6-14(21-13)19(23)22-11-12-24-18-15(22)8-9-16(18)25-17-7-2-3-10-20-17/h2-7,10,15-16,18H,8-9,11-12H2,1H3/t15-,16+,18+/m0/s1. The Morgan fingerprint density at radius 2 is 2.16 bits per heavy atom. The first kappa shape index (κ1) is 16.0. The Bertz CT molecular complexity index is 753. The normalized spacial score (nSPS) is 25.5. The molecule has 0 bridgehead atoms. The molecule has 1 saturated carbocycles. The molecule has 3 heterocycles. The Hall–Kier alpha value is -2.47. The molecule has 3 atom stereocenters. The van der Waals surface area contributed by atoms with E-state index in [0.717, 1.165) is 18.5 Å². The number of hydrogen-bond donors (Lipinski definition) is 0. The lowest BCUT2D eigenvalue weighted by molar-refractivity contribution is -0.0794. The zero-order valence-electron chi connectivity index (χ0n) is 14.2. The lowest BCUT2D eigenvalue weighted by Gasteiger charge is -2.38. The van der Waals surface area contributed by atoms with Gasteiger partial charge in [-0.3, -0.25) is 4.79 Å². The van der Waals surface area contributed by atoms with Gasteiger partial charge in [-0.1, -0.05) is 12.1 Å². The Labute approximate surface area is 146 Å². The number of pyridine rings is 2. The van der Waals surface area contributed by atoms with Gasteiger partial charge in [0.2, 0.25) is 5.88 Å². The number of rotatable bonds is 3. The molecule has 1 saturated heterocycles. The van der Waals surface area contributed by atoms with Crippen LogP contribution in [0.2, 0.25) is 0 Å². The summed E-state index contributed by atoms with van der Waals surface area (Å²) in [5.41, 5.74) is 1.34. The first-order chi connectivity index (χ1) is 12.2. The van der Waals surface area contributed by atoms with E-state index in [1.807, 2.05) is 42.2 Å². The van der Waals surface area contributed by atoms with Crippen molar-refractivity contribution in [2.45, 2.75) is 38.0 Å². The predicted octanol–water partition coefficient (Wildman–Crippen LogP) is 2.24. The van der Waals surface area contributed by atoms with Crippen LogP contribution in [0.25, 0.3) is 0 Å². The second kappa shape index (κ2) is 6.80. The number of morpholine rings is 1. The molecule has 2 fully saturated rings. The van der Waals surface area contributed by atoms with Crippen LogP contribution in [0.4, 0.5) is 0 Å². The Morgan fingerprint density at radius 3 is 2.96 bits per heavy atom. The predicted molar refractivity (Wildman–Crippen MR) is 91.4 cm³/mol. The van der Waals surface area contributed by atoms with Gasteiger partial charge in [-0.05, 0) is 38.0 Å². The number of fused-ring (bicyclic) bond motifs is 1. The Kier molecular flexibility index (Phi) is 4.36. The number of nitrogens with zero attached hydrogens (tertiary/aromatic N) is 3. The summed E-state index contributed by atoms with van der Waals surface area (Å²) in [6.45, 7) is 3.00. The van der Waals surface area contributed by atoms with E-state index >= 15 is 0 Å². The highest BCUT2D eigenvalue weighted by Crippen LogP contribution is 2.33. The number of carbonyl (C=O) groups is 1. The van der Waals surface area contributed by atoms with E-state index in [0.29, 0.717) is 24.7 Å². The molecule has 1 aliphatic heterocycles. The van der Waals surface area contributed by atoms with E-state index in [1.54, 1.807) is 12.3 Å². The van der Waals surface area contributed by atoms with Crippen LogP contribution in [0.5, 0.6) is 5.88 Å². The average molecular weight is 339 g/mol. The quantitative estimate of drug-likeness (QED) is 0.858. The van der Waals surface area contributed by atoms with Gasteiger partial charge < -0.3 is 14.4 Å². The molecule has 0 aromatic carbocycles. The van der Waals surface area contributed by atoms with E-state index in [9.17, 15) is 4.79 Å². The average Bonchev–Trinajstić information content (AvgIpc) is 3.05. The number of amides is 1. The van der Waals surface area contributed by atoms with Crippen molar-refractivity contribution in [2.24, 2.45) is 0 Å². The van der Waals surface area contributed by atoms with Crippen molar-refractivity contribution in [3.05, 3.63) is 54.0 Å². The summed E-state index contributed by atoms with van der Waals surface area (Å²) in [6.07, 6.45) is 3.21. The molecule has 2 aromatic heterocycles. The largest absolute Gasteiger partial charge is 0.471 e. The van der Waals surface area contributed by atoms with Crippen LogP contribution in [0, 0.1) is 6.92 Å². The van der Waals surface area contributed by atoms with Gasteiger partial charge in [0.1, 0.15) is 17.9 Å². The van der Waals surface area contributed by atoms with Crippen molar-refractivity contribution in [2.75, 3.05) is 13.2 Å². The van der Waals surface area contributed by atoms with E-state index in [-0.39, 0.29) is 24.2 Å². The molecule has 0 radical (unpaired) electrons. The van der Waals surface area contributed by atoms with Gasteiger partial charge in [0, 0.05) is 24.5 Å². The highest BCUT2D eigenvalue weighted by molar-refractivity contribution is 5.92. The van der Waals surface area contributed by atoms with Crippen molar-refractivity contribution in [3.8, 4) is 5.88 Å². The van der Waals surface area contributed by atoms with Gasteiger partial charge in [-0.15, -0.1) is 0 Å². The van der Waals surface area contributed by atoms with Crippen molar-refractivity contribution >= 4 is 5.91 Å². The molecule has 130 valence electrons. The molecule has 2 aliphatic rings. The van der Waals surface area contributed by atoms with E-state index in [2.05, 4.69) is 9.97 Å². The summed E-state index contributed by atoms with van der Waals surface area (Å²) in [6, 6.07) is 11.2. The summed E-state index contributed by atoms with van der Waals surface area (Å²) in [5.74, 6) is 0.570. The van der Waals surface area contributed by atoms with E-state index in [4.69, 9.17) is 9.47 Å². The van der Waals surface area contributed by atoms with E-state index in [1.165, 1.54) is 0 Å². The number of ether oxygens (including phenoxy) is 2. The van der Waals surface area contributed by atoms with Gasteiger partial charge in [-0.25, -0.2) is 9.97 Å². The minimum Gasteiger partial charge on any atom is -0.471 e. The molecule has 25 heavy (non-hydrogen) atoms. The van der Waals surface area contributed by atoms with Gasteiger partial charge in [0.15, 0.2) is 0 Å². The molecule has 6 nitrogen and oxygen atoms in total. The second-order valence-electron chi connectivity index (χ2n) is 6.47. The van der Waals surface area contributed by atoms with Crippen LogP contribution >= 0.6 is 0 Å². The number of aryl methyl sites for hydroxylation is 1. The zero-order valence-corrected chi connectivity index (χ0v) is 14.2. The Balaban J connectivity index is 1.50. The summed E-state index contributed by atoms with van der Waals surface area (Å²) >= 11 is 0. The maximum absolute atomic E-state index is 12.9. The Morgan fingerprint density at radius 1 is 1.24 bits per heavy atom. The summed E-state index contributed by atoms with van der Waals surface area (Å²) in [5, 5.41) is 0. The fourth-order valence-electron chi connectivity index (χ4n) is 3.68. The molecule has 0 N–H and O–H groups in total. The first-order valence-corrected chi connectivity index (χ1v) is 8.66. The maximum atomic E-state index is 12.9. The summed E-state index contributed by atoms with van der Waals surface area (Å²) in [4.78, 5) is 23.4. The number of hydrogen-bond acceptors (Lipinski definition) is 5. The van der Waals surface area contributed by atoms with Crippen LogP contribution in [-0.2, 0) is 4.74 Å². The number of carbonyl (C=O) groups excluding carboxylic acids is 1. The monoisotopic (exact) mass is 339 g/mol. The minimum absolute atomic E-state index is 0.0253. The first-order valence-electron chi connectivity index (χ1n) is 8.66. The van der Waals surface area contributed by atoms with Gasteiger partial charge >= 0.3 is 0 Å². The summed E-state index contributed by atoms with van der Waals surface area (Å²) < 4.78 is 12.0. The van der Waals surface area contributed by atoms with Crippen LogP contribution in [0.15, 0.2) is 42.6 Å². The fourth-order valence-corrected chi connectivity index (χ4v) is 3.68. The van der Waals surface area contributed by atoms with Crippen LogP contribution in [0.3, 0.4) is 0 Å². The highest BCUT2D eigenvalue weighted by atomic mass is 16.5. The van der Waals surface area contributed by atoms with E-state index < -0.39 is 0 Å². The lowest BCUT2D eigenvalue weighted by Crippen LogP contribution is -2.54. The molecule has 6 heteroatoms. The molecule has 2 aromatic rings. The smallest absolute Gasteiger partial charge is 0.272 e. The molecule has 4 rings (SSSR count). The van der Waals surface area contributed by atoms with Crippen LogP contribution in [0.1, 0.15) is 29.0 Å². The van der Waals surface area contributed by atoms with Gasteiger partial charge in [0.25, 0.3) is 5.91 Å². The third-order valence-corrected chi connectivity index (χ3v) is 4.81. The van der Waals surface area contributed by atoms with Crippen molar-refractivity contribution in [3.63, 3.8) is 0 Å². The van der Waals surface area contributed by atoms with Crippen molar-refractivity contribution in [1.29, 1.82) is 0 Å². The minimum atomic E-state index is -0.121. The molecular formula is C19H21N3O3. The topological polar surface area (TPSA) is 64.6 Å².